The molecular formula is C33H44N6O7. The highest BCUT2D eigenvalue weighted by Gasteiger charge is 2.34. The summed E-state index contributed by atoms with van der Waals surface area (Å²) in [6.07, 6.45) is 4.15. The fourth-order valence-electron chi connectivity index (χ4n) is 5.40. The number of hydrazine groups is 1. The molecule has 4 rings (SSSR count). The summed E-state index contributed by atoms with van der Waals surface area (Å²) >= 11 is 0. The zero-order valence-corrected chi connectivity index (χ0v) is 27.1. The Kier molecular flexibility index (Phi) is 11.7. The lowest BCUT2D eigenvalue weighted by Crippen LogP contribution is -2.61. The number of nitrogens with zero attached hydrogens (tertiary/aromatic N) is 3. The maximum atomic E-state index is 13.3. The van der Waals surface area contributed by atoms with Crippen molar-refractivity contribution in [2.24, 2.45) is 5.92 Å². The van der Waals surface area contributed by atoms with Gasteiger partial charge in [0.15, 0.2) is 0 Å². The number of fused-ring (bicyclic) bond motifs is 4. The number of nitrogens with one attached hydrogen (secondary N) is 3. The molecule has 1 aromatic heterocycles. The van der Waals surface area contributed by atoms with Crippen molar-refractivity contribution in [2.75, 3.05) is 26.7 Å². The van der Waals surface area contributed by atoms with Crippen LogP contribution in [-0.2, 0) is 28.7 Å². The van der Waals surface area contributed by atoms with Gasteiger partial charge in [0.25, 0.3) is 5.91 Å². The van der Waals surface area contributed by atoms with Crippen LogP contribution in [0.3, 0.4) is 0 Å². The highest BCUT2D eigenvalue weighted by molar-refractivity contribution is 5.92. The topological polar surface area (TPSA) is 159 Å². The van der Waals surface area contributed by atoms with Gasteiger partial charge in [0.1, 0.15) is 24.2 Å². The fraction of sp³-hybridized carbons (Fsp3) is 0.515. The van der Waals surface area contributed by atoms with Gasteiger partial charge in [-0.05, 0) is 56.7 Å². The van der Waals surface area contributed by atoms with Crippen molar-refractivity contribution in [1.29, 1.82) is 0 Å². The summed E-state index contributed by atoms with van der Waals surface area (Å²) in [5.41, 5.74) is 5.19. The number of rotatable bonds is 1. The first-order valence-electron chi connectivity index (χ1n) is 15.7. The average molecular weight is 637 g/mol. The Labute approximate surface area is 269 Å². The van der Waals surface area contributed by atoms with Crippen molar-refractivity contribution in [3.63, 3.8) is 0 Å². The van der Waals surface area contributed by atoms with Crippen LogP contribution in [0.15, 0.2) is 36.4 Å². The molecule has 2 aliphatic rings. The summed E-state index contributed by atoms with van der Waals surface area (Å²) in [5.74, 6) is -2.14. The predicted octanol–water partition coefficient (Wildman–Crippen LogP) is 2.86. The van der Waals surface area contributed by atoms with Gasteiger partial charge in [0.05, 0.1) is 18.3 Å². The third-order valence-electron chi connectivity index (χ3n) is 8.10. The van der Waals surface area contributed by atoms with Crippen LogP contribution in [0.1, 0.15) is 70.7 Å². The van der Waals surface area contributed by atoms with Crippen LogP contribution in [-0.4, -0.2) is 89.5 Å². The third kappa shape index (κ3) is 8.81. The van der Waals surface area contributed by atoms with Gasteiger partial charge in [-0.2, -0.15) is 0 Å². The van der Waals surface area contributed by atoms with E-state index >= 15 is 0 Å². The van der Waals surface area contributed by atoms with E-state index < -0.39 is 54.0 Å². The van der Waals surface area contributed by atoms with Gasteiger partial charge >= 0.3 is 12.1 Å². The van der Waals surface area contributed by atoms with E-state index in [0.717, 1.165) is 16.5 Å². The summed E-state index contributed by atoms with van der Waals surface area (Å²) in [7, 11) is 1.28. The second-order valence-corrected chi connectivity index (χ2v) is 12.0. The molecule has 4 amide bonds. The number of aromatic nitrogens is 1. The summed E-state index contributed by atoms with van der Waals surface area (Å²) < 4.78 is 10.7. The van der Waals surface area contributed by atoms with E-state index in [4.69, 9.17) is 14.5 Å². The van der Waals surface area contributed by atoms with Gasteiger partial charge in [-0.15, -0.1) is 0 Å². The minimum absolute atomic E-state index is 0.0456. The molecule has 3 heterocycles. The van der Waals surface area contributed by atoms with Crippen molar-refractivity contribution >= 4 is 46.8 Å². The molecule has 3 N–H and O–H groups in total. The minimum atomic E-state index is -0.934. The Bertz CT molecular complexity index is 1480. The normalized spacial score (nSPS) is 24.3. The number of hydrogen-bond acceptors (Lipinski definition) is 9. The van der Waals surface area contributed by atoms with E-state index in [-0.39, 0.29) is 18.9 Å². The monoisotopic (exact) mass is 636 g/mol. The van der Waals surface area contributed by atoms with Crippen molar-refractivity contribution in [2.45, 2.75) is 77.6 Å². The van der Waals surface area contributed by atoms with Gasteiger partial charge in [0.2, 0.25) is 11.8 Å². The maximum absolute atomic E-state index is 13.3. The molecular weight excluding hydrogens is 592 g/mol. The quantitative estimate of drug-likeness (QED) is 0.400. The van der Waals surface area contributed by atoms with E-state index in [9.17, 15) is 24.0 Å². The number of benzene rings is 1. The number of carbonyl (C=O) groups is 5. The Hall–Kier alpha value is -4.52. The largest absolute Gasteiger partial charge is 0.455 e. The van der Waals surface area contributed by atoms with Crippen LogP contribution in [0, 0.1) is 5.92 Å². The van der Waals surface area contributed by atoms with Gasteiger partial charge in [-0.25, -0.2) is 15.2 Å². The van der Waals surface area contributed by atoms with Crippen molar-refractivity contribution in [3.8, 4) is 0 Å². The number of pyridine rings is 1. The highest BCUT2D eigenvalue weighted by Crippen LogP contribution is 2.22. The van der Waals surface area contributed by atoms with Crippen molar-refractivity contribution in [3.05, 3.63) is 47.7 Å². The number of esters is 1. The van der Waals surface area contributed by atoms with Gasteiger partial charge < -0.3 is 25.0 Å². The standard InChI is InChI=1S/C33H44N6O7/c1-20(2)29-30(41)34-21(3)31(42)39-17-8-10-26(37-39)32(43)46-22(4)25-14-13-24-12-11-23(19-27(24)35-25)9-6-7-16-38(33(44)45-5)18-15-28(40)36-29/h6,9,11-14,19-22,26,29,37H,7-8,10,15-18H2,1-5H3,(H,34,41)(H,36,40). The molecule has 0 radical (unpaired) electrons. The number of hydrogen-bond donors (Lipinski definition) is 3. The van der Waals surface area contributed by atoms with E-state index in [1.807, 2.05) is 42.5 Å². The molecule has 4 atom stereocenters. The number of amides is 4. The molecule has 1 fully saturated rings. The maximum Gasteiger partial charge on any atom is 0.409 e. The number of carbonyl (C=O) groups excluding carboxylic acids is 5. The van der Waals surface area contributed by atoms with Crippen LogP contribution in [0.4, 0.5) is 4.79 Å². The zero-order chi connectivity index (χ0) is 33.4. The highest BCUT2D eigenvalue weighted by atomic mass is 16.5. The zero-order valence-electron chi connectivity index (χ0n) is 27.1. The second-order valence-electron chi connectivity index (χ2n) is 12.0. The number of cyclic esters (lactones) is 1. The Balaban J connectivity index is 1.59. The Morgan fingerprint density at radius 1 is 1.04 bits per heavy atom. The lowest BCUT2D eigenvalue weighted by atomic mass is 10.0. The molecule has 2 aromatic rings. The van der Waals surface area contributed by atoms with Crippen LogP contribution in [0.2, 0.25) is 0 Å². The first-order valence-corrected chi connectivity index (χ1v) is 15.7. The van der Waals surface area contributed by atoms with E-state index in [1.54, 1.807) is 27.7 Å². The molecule has 13 nitrogen and oxygen atoms in total. The molecule has 4 unspecified atom stereocenters. The van der Waals surface area contributed by atoms with E-state index in [0.29, 0.717) is 38.0 Å². The molecule has 13 heteroatoms. The Morgan fingerprint density at radius 3 is 2.54 bits per heavy atom. The van der Waals surface area contributed by atoms with Gasteiger partial charge in [-0.1, -0.05) is 44.2 Å². The van der Waals surface area contributed by atoms with Crippen molar-refractivity contribution in [1.82, 2.24) is 31.0 Å². The molecule has 1 saturated heterocycles. The summed E-state index contributed by atoms with van der Waals surface area (Å²) in [4.78, 5) is 71.1. The average Bonchev–Trinajstić information content (AvgIpc) is 3.05. The third-order valence-corrected chi connectivity index (χ3v) is 8.10. The van der Waals surface area contributed by atoms with Gasteiger partial charge in [-0.3, -0.25) is 24.2 Å². The van der Waals surface area contributed by atoms with Crippen LogP contribution >= 0.6 is 0 Å². The molecule has 0 saturated carbocycles. The fourth-order valence-corrected chi connectivity index (χ4v) is 5.40. The lowest BCUT2D eigenvalue weighted by molar-refractivity contribution is -0.157. The molecule has 1 aromatic carbocycles. The van der Waals surface area contributed by atoms with Crippen LogP contribution in [0.25, 0.3) is 17.0 Å². The molecule has 5 bridgehead atoms. The molecule has 46 heavy (non-hydrogen) atoms. The van der Waals surface area contributed by atoms with Crippen molar-refractivity contribution < 1.29 is 33.4 Å². The van der Waals surface area contributed by atoms with E-state index in [2.05, 4.69) is 16.1 Å². The van der Waals surface area contributed by atoms with Crippen LogP contribution in [0.5, 0.6) is 0 Å². The first kappa shape index (κ1) is 34.4. The predicted molar refractivity (Wildman–Crippen MR) is 171 cm³/mol. The van der Waals surface area contributed by atoms with Crippen LogP contribution < -0.4 is 16.1 Å². The Morgan fingerprint density at radius 2 is 1.80 bits per heavy atom. The molecule has 0 spiro atoms. The summed E-state index contributed by atoms with van der Waals surface area (Å²) in [5, 5.41) is 7.71. The molecule has 248 valence electrons. The number of methoxy groups -OCH3 is 1. The minimum Gasteiger partial charge on any atom is -0.455 e. The van der Waals surface area contributed by atoms with E-state index in [1.165, 1.54) is 17.0 Å². The summed E-state index contributed by atoms with van der Waals surface area (Å²) in [6.45, 7) is 7.64. The van der Waals surface area contributed by atoms with Gasteiger partial charge in [0, 0.05) is 31.4 Å². The first-order chi connectivity index (χ1) is 22.0. The second kappa shape index (κ2) is 15.7. The SMILES string of the molecule is COC(=O)N1CCC=Cc2ccc3ccc(nc3c2)C(C)OC(=O)C2CCCN(N2)C(=O)C(C)NC(=O)C(C(C)C)NC(=O)CC1. The summed E-state index contributed by atoms with van der Waals surface area (Å²) in [6, 6.07) is 7.00. The smallest absolute Gasteiger partial charge is 0.409 e. The lowest BCUT2D eigenvalue weighted by Gasteiger charge is -2.35. The molecule has 2 aliphatic heterocycles. The number of ether oxygens (including phenoxy) is 2. The molecule has 0 aliphatic carbocycles.